The molecule has 0 aromatic heterocycles. The molecule has 0 radical (unpaired) electrons. The molecule has 2 atom stereocenters. The number of hydrogen-bond acceptors (Lipinski definition) is 1. The average molecular weight is 325 g/mol. The van der Waals surface area contributed by atoms with E-state index in [0.717, 1.165) is 24.0 Å². The Labute approximate surface area is 137 Å². The second-order valence-electron chi connectivity index (χ2n) is 6.58. The van der Waals surface area contributed by atoms with E-state index in [4.69, 9.17) is 23.2 Å². The summed E-state index contributed by atoms with van der Waals surface area (Å²) < 4.78 is 0. The third-order valence-electron chi connectivity index (χ3n) is 4.98. The third kappa shape index (κ3) is 3.05. The van der Waals surface area contributed by atoms with E-state index in [2.05, 4.69) is 27.7 Å². The van der Waals surface area contributed by atoms with E-state index >= 15 is 0 Å². The fourth-order valence-electron chi connectivity index (χ4n) is 2.90. The van der Waals surface area contributed by atoms with Crippen molar-refractivity contribution >= 4 is 35.1 Å². The van der Waals surface area contributed by atoms with Crippen LogP contribution >= 0.6 is 23.2 Å². The highest BCUT2D eigenvalue weighted by Gasteiger charge is 2.42. The van der Waals surface area contributed by atoms with Crippen molar-refractivity contribution in [3.63, 3.8) is 0 Å². The number of benzene rings is 1. The van der Waals surface area contributed by atoms with Gasteiger partial charge in [-0.2, -0.15) is 0 Å². The highest BCUT2D eigenvalue weighted by Crippen LogP contribution is 2.44. The van der Waals surface area contributed by atoms with Crippen LogP contribution in [0.4, 0.5) is 0 Å². The molecule has 2 rings (SSSR count). The zero-order valence-electron chi connectivity index (χ0n) is 13.0. The Morgan fingerprint density at radius 3 is 2.62 bits per heavy atom. The molecule has 0 heterocycles. The van der Waals surface area contributed by atoms with Gasteiger partial charge in [-0.25, -0.2) is 0 Å². The number of halogens is 2. The van der Waals surface area contributed by atoms with Gasteiger partial charge in [-0.3, -0.25) is 4.79 Å². The summed E-state index contributed by atoms with van der Waals surface area (Å²) in [5.74, 6) is 0.849. The first-order valence-electron chi connectivity index (χ1n) is 7.47. The molecule has 0 saturated heterocycles. The van der Waals surface area contributed by atoms with Crippen LogP contribution in [0.2, 0.25) is 10.0 Å². The van der Waals surface area contributed by atoms with Gasteiger partial charge >= 0.3 is 0 Å². The van der Waals surface area contributed by atoms with Crippen molar-refractivity contribution in [1.29, 1.82) is 0 Å². The molecule has 0 aliphatic heterocycles. The molecule has 1 aliphatic rings. The first kappa shape index (κ1) is 16.6. The Hall–Kier alpha value is -0.790. The summed E-state index contributed by atoms with van der Waals surface area (Å²) in [6.07, 6.45) is 3.91. The Balaban J connectivity index is 2.47. The fourth-order valence-corrected chi connectivity index (χ4v) is 3.26. The molecule has 0 bridgehead atoms. The highest BCUT2D eigenvalue weighted by atomic mass is 35.5. The average Bonchev–Trinajstić information content (AvgIpc) is 2.43. The minimum Gasteiger partial charge on any atom is -0.294 e. The van der Waals surface area contributed by atoms with Gasteiger partial charge < -0.3 is 0 Å². The molecule has 1 fully saturated rings. The normalized spacial score (nSPS) is 28.4. The van der Waals surface area contributed by atoms with Crippen LogP contribution in [0.5, 0.6) is 0 Å². The molecular formula is C18H22Cl2O. The maximum atomic E-state index is 13.0. The summed E-state index contributed by atoms with van der Waals surface area (Å²) in [4.78, 5) is 13.0. The van der Waals surface area contributed by atoms with Crippen molar-refractivity contribution in [1.82, 2.24) is 0 Å². The van der Waals surface area contributed by atoms with E-state index in [1.807, 2.05) is 18.2 Å². The van der Waals surface area contributed by atoms with E-state index in [9.17, 15) is 4.79 Å². The molecular weight excluding hydrogens is 303 g/mol. The predicted molar refractivity (Wildman–Crippen MR) is 90.8 cm³/mol. The maximum Gasteiger partial charge on any atom is 0.165 e. The van der Waals surface area contributed by atoms with Gasteiger partial charge in [0.25, 0.3) is 0 Å². The zero-order valence-corrected chi connectivity index (χ0v) is 14.6. The van der Waals surface area contributed by atoms with E-state index in [0.29, 0.717) is 16.0 Å². The lowest BCUT2D eigenvalue weighted by Gasteiger charge is -2.39. The summed E-state index contributed by atoms with van der Waals surface area (Å²) in [6.45, 7) is 8.44. The molecule has 0 amide bonds. The minimum atomic E-state index is -0.274. The largest absolute Gasteiger partial charge is 0.294 e. The SMILES string of the molecule is CC(C)[C@@]1(C)CC[C@H](C)/C(=C/c2cccc(Cl)c2Cl)C1=O. The van der Waals surface area contributed by atoms with E-state index in [1.165, 1.54) is 0 Å². The smallest absolute Gasteiger partial charge is 0.165 e. The van der Waals surface area contributed by atoms with Gasteiger partial charge in [0.2, 0.25) is 0 Å². The number of allylic oxidation sites excluding steroid dienone is 1. The van der Waals surface area contributed by atoms with Crippen molar-refractivity contribution in [3.05, 3.63) is 39.4 Å². The van der Waals surface area contributed by atoms with Crippen LogP contribution < -0.4 is 0 Å². The maximum absolute atomic E-state index is 13.0. The lowest BCUT2D eigenvalue weighted by molar-refractivity contribution is -0.129. The van der Waals surface area contributed by atoms with Crippen LogP contribution in [0.1, 0.15) is 46.1 Å². The van der Waals surface area contributed by atoms with Crippen LogP contribution in [-0.4, -0.2) is 5.78 Å². The van der Waals surface area contributed by atoms with Gasteiger partial charge in [-0.15, -0.1) is 0 Å². The van der Waals surface area contributed by atoms with E-state index < -0.39 is 0 Å². The summed E-state index contributed by atoms with van der Waals surface area (Å²) in [6, 6.07) is 5.53. The molecule has 3 heteroatoms. The standard InChI is InChI=1S/C18H22Cl2O/c1-11(2)18(4)9-8-12(3)14(17(18)21)10-13-6-5-7-15(19)16(13)20/h5-7,10-12H,8-9H2,1-4H3/b14-10-/t12-,18+/m0/s1. The Bertz CT molecular complexity index is 589. The number of carbonyl (C=O) groups is 1. The molecule has 1 aromatic carbocycles. The monoisotopic (exact) mass is 324 g/mol. The van der Waals surface area contributed by atoms with Crippen molar-refractivity contribution in [2.75, 3.05) is 0 Å². The topological polar surface area (TPSA) is 17.1 Å². The fraction of sp³-hybridized carbons (Fsp3) is 0.500. The second kappa shape index (κ2) is 6.14. The quantitative estimate of drug-likeness (QED) is 0.606. The number of carbonyl (C=O) groups excluding carboxylic acids is 1. The van der Waals surface area contributed by atoms with Gasteiger partial charge in [-0.05, 0) is 48.0 Å². The lowest BCUT2D eigenvalue weighted by Crippen LogP contribution is -2.40. The number of Topliss-reactive ketones (excluding diaryl/α,β-unsaturated/α-hetero) is 1. The van der Waals surface area contributed by atoms with Gasteiger partial charge in [0, 0.05) is 5.41 Å². The van der Waals surface area contributed by atoms with Gasteiger partial charge in [0.1, 0.15) is 0 Å². The van der Waals surface area contributed by atoms with Crippen LogP contribution in [-0.2, 0) is 4.79 Å². The third-order valence-corrected chi connectivity index (χ3v) is 5.81. The highest BCUT2D eigenvalue weighted by molar-refractivity contribution is 6.43. The van der Waals surface area contributed by atoms with E-state index in [1.54, 1.807) is 6.07 Å². The molecule has 0 N–H and O–H groups in total. The van der Waals surface area contributed by atoms with E-state index in [-0.39, 0.29) is 17.1 Å². The summed E-state index contributed by atoms with van der Waals surface area (Å²) >= 11 is 12.3. The lowest BCUT2D eigenvalue weighted by atomic mass is 9.63. The molecule has 0 unspecified atom stereocenters. The number of hydrogen-bond donors (Lipinski definition) is 0. The summed E-state index contributed by atoms with van der Waals surface area (Å²) in [7, 11) is 0. The predicted octanol–water partition coefficient (Wildman–Crippen LogP) is 6.04. The molecule has 1 aliphatic carbocycles. The Morgan fingerprint density at radius 1 is 1.33 bits per heavy atom. The molecule has 114 valence electrons. The summed E-state index contributed by atoms with van der Waals surface area (Å²) in [5, 5.41) is 1.04. The van der Waals surface area contributed by atoms with Gasteiger partial charge in [-0.1, -0.05) is 63.0 Å². The van der Waals surface area contributed by atoms with Crippen molar-refractivity contribution in [2.24, 2.45) is 17.3 Å². The summed E-state index contributed by atoms with van der Waals surface area (Å²) in [5.41, 5.74) is 1.43. The molecule has 1 saturated carbocycles. The first-order valence-corrected chi connectivity index (χ1v) is 8.23. The molecule has 21 heavy (non-hydrogen) atoms. The van der Waals surface area contributed by atoms with Crippen LogP contribution in [0.15, 0.2) is 23.8 Å². The van der Waals surface area contributed by atoms with Gasteiger partial charge in [0.05, 0.1) is 10.0 Å². The molecule has 0 spiro atoms. The second-order valence-corrected chi connectivity index (χ2v) is 7.37. The first-order chi connectivity index (χ1) is 9.77. The van der Waals surface area contributed by atoms with Crippen LogP contribution in [0, 0.1) is 17.3 Å². The Morgan fingerprint density at radius 2 is 2.00 bits per heavy atom. The number of ketones is 1. The number of rotatable bonds is 2. The van der Waals surface area contributed by atoms with Crippen LogP contribution in [0.3, 0.4) is 0 Å². The molecule has 1 aromatic rings. The Kier molecular flexibility index (Phi) is 4.85. The van der Waals surface area contributed by atoms with Crippen molar-refractivity contribution in [2.45, 2.75) is 40.5 Å². The van der Waals surface area contributed by atoms with Gasteiger partial charge in [0.15, 0.2) is 5.78 Å². The van der Waals surface area contributed by atoms with Crippen molar-refractivity contribution < 1.29 is 4.79 Å². The van der Waals surface area contributed by atoms with Crippen molar-refractivity contribution in [3.8, 4) is 0 Å². The zero-order chi connectivity index (χ0) is 15.8. The van der Waals surface area contributed by atoms with Crippen LogP contribution in [0.25, 0.3) is 6.08 Å². The molecule has 1 nitrogen and oxygen atoms in total. The minimum absolute atomic E-state index is 0.257.